The lowest BCUT2D eigenvalue weighted by atomic mass is 10.1. The van der Waals surface area contributed by atoms with Crippen LogP contribution >= 0.6 is 23.2 Å². The van der Waals surface area contributed by atoms with Crippen molar-refractivity contribution in [3.05, 3.63) is 73.8 Å². The molecule has 0 aliphatic carbocycles. The molecule has 0 aliphatic heterocycles. The molecule has 0 heterocycles. The SMILES string of the molecule is CC[C@H](C(=O)NCC(C)C)N(Cc1ccc(Cl)c(Cl)c1)C(=O)Cc1ccccc1[N+](=O)[O-]. The fourth-order valence-corrected chi connectivity index (χ4v) is 3.60. The van der Waals surface area contributed by atoms with Gasteiger partial charge in [-0.2, -0.15) is 0 Å². The Kier molecular flexibility index (Phi) is 9.47. The molecule has 0 bridgehead atoms. The van der Waals surface area contributed by atoms with Gasteiger partial charge in [0, 0.05) is 24.7 Å². The highest BCUT2D eigenvalue weighted by Gasteiger charge is 2.30. The molecule has 0 saturated heterocycles. The summed E-state index contributed by atoms with van der Waals surface area (Å²) in [5.41, 5.74) is 0.858. The van der Waals surface area contributed by atoms with Crippen molar-refractivity contribution in [1.29, 1.82) is 0 Å². The number of nitro benzene ring substituents is 1. The fourth-order valence-electron chi connectivity index (χ4n) is 3.28. The van der Waals surface area contributed by atoms with Crippen LogP contribution in [0.25, 0.3) is 0 Å². The Bertz CT molecular complexity index is 981. The molecule has 2 aromatic carbocycles. The summed E-state index contributed by atoms with van der Waals surface area (Å²) in [4.78, 5) is 38.6. The fraction of sp³-hybridized carbons (Fsp3) is 0.391. The third-order valence-corrected chi connectivity index (χ3v) is 5.68. The summed E-state index contributed by atoms with van der Waals surface area (Å²) in [6.45, 7) is 6.38. The van der Waals surface area contributed by atoms with Crippen LogP contribution in [0.4, 0.5) is 5.69 Å². The van der Waals surface area contributed by atoms with Crippen LogP contribution in [0, 0.1) is 16.0 Å². The van der Waals surface area contributed by atoms with E-state index in [-0.39, 0.29) is 30.5 Å². The second kappa shape index (κ2) is 11.8. The number of amides is 2. The van der Waals surface area contributed by atoms with Crippen LogP contribution in [-0.2, 0) is 22.6 Å². The van der Waals surface area contributed by atoms with Crippen molar-refractivity contribution in [2.75, 3.05) is 6.54 Å². The Morgan fingerprint density at radius 1 is 1.12 bits per heavy atom. The number of hydrogen-bond donors (Lipinski definition) is 1. The molecule has 0 spiro atoms. The Balaban J connectivity index is 2.37. The molecule has 0 unspecified atom stereocenters. The molecule has 172 valence electrons. The van der Waals surface area contributed by atoms with E-state index >= 15 is 0 Å². The number of rotatable bonds is 10. The first-order chi connectivity index (χ1) is 15.1. The summed E-state index contributed by atoms with van der Waals surface area (Å²) >= 11 is 12.1. The highest BCUT2D eigenvalue weighted by Crippen LogP contribution is 2.25. The first kappa shape index (κ1) is 25.6. The first-order valence-corrected chi connectivity index (χ1v) is 11.1. The lowest BCUT2D eigenvalue weighted by Crippen LogP contribution is -2.50. The van der Waals surface area contributed by atoms with E-state index in [0.29, 0.717) is 34.1 Å². The Morgan fingerprint density at radius 2 is 1.81 bits per heavy atom. The topological polar surface area (TPSA) is 92.6 Å². The van der Waals surface area contributed by atoms with Crippen molar-refractivity contribution in [3.8, 4) is 0 Å². The standard InChI is InChI=1S/C23H27Cl2N3O4/c1-4-20(23(30)26-13-15(2)3)27(14-16-9-10-18(24)19(25)11-16)22(29)12-17-7-5-6-8-21(17)28(31)32/h5-11,15,20H,4,12-14H2,1-3H3,(H,26,30)/t20-/m1/s1. The van der Waals surface area contributed by atoms with E-state index in [1.807, 2.05) is 20.8 Å². The maximum atomic E-state index is 13.4. The average molecular weight is 480 g/mol. The van der Waals surface area contributed by atoms with Gasteiger partial charge in [0.2, 0.25) is 11.8 Å². The lowest BCUT2D eigenvalue weighted by Gasteiger charge is -2.31. The van der Waals surface area contributed by atoms with Crippen LogP contribution in [0.2, 0.25) is 10.0 Å². The van der Waals surface area contributed by atoms with E-state index in [0.717, 1.165) is 0 Å². The summed E-state index contributed by atoms with van der Waals surface area (Å²) in [7, 11) is 0. The van der Waals surface area contributed by atoms with Gasteiger partial charge >= 0.3 is 0 Å². The van der Waals surface area contributed by atoms with Crippen LogP contribution < -0.4 is 5.32 Å². The summed E-state index contributed by atoms with van der Waals surface area (Å²) in [5, 5.41) is 15.0. The summed E-state index contributed by atoms with van der Waals surface area (Å²) < 4.78 is 0. The van der Waals surface area contributed by atoms with Crippen LogP contribution in [0.3, 0.4) is 0 Å². The highest BCUT2D eigenvalue weighted by atomic mass is 35.5. The number of carbonyl (C=O) groups excluding carboxylic acids is 2. The molecule has 7 nitrogen and oxygen atoms in total. The number of halogens is 2. The zero-order valence-corrected chi connectivity index (χ0v) is 19.8. The molecule has 0 saturated carbocycles. The Morgan fingerprint density at radius 3 is 2.41 bits per heavy atom. The predicted octanol–water partition coefficient (Wildman–Crippen LogP) is 5.02. The maximum Gasteiger partial charge on any atom is 0.273 e. The van der Waals surface area contributed by atoms with Crippen molar-refractivity contribution >= 4 is 40.7 Å². The molecule has 32 heavy (non-hydrogen) atoms. The second-order valence-electron chi connectivity index (χ2n) is 7.90. The third kappa shape index (κ3) is 6.93. The summed E-state index contributed by atoms with van der Waals surface area (Å²) in [6, 6.07) is 10.4. The molecule has 9 heteroatoms. The number of nitro groups is 1. The van der Waals surface area contributed by atoms with Gasteiger partial charge in [-0.15, -0.1) is 0 Å². The summed E-state index contributed by atoms with van der Waals surface area (Å²) in [5.74, 6) is -0.406. The molecule has 0 fully saturated rings. The van der Waals surface area contributed by atoms with Gasteiger partial charge in [0.25, 0.3) is 5.69 Å². The number of para-hydroxylation sites is 1. The second-order valence-corrected chi connectivity index (χ2v) is 8.71. The number of nitrogens with zero attached hydrogens (tertiary/aromatic N) is 2. The molecule has 0 aromatic heterocycles. The maximum absolute atomic E-state index is 13.4. The van der Waals surface area contributed by atoms with Crippen LogP contribution in [0.15, 0.2) is 42.5 Å². The minimum Gasteiger partial charge on any atom is -0.354 e. The average Bonchev–Trinajstić information content (AvgIpc) is 2.74. The lowest BCUT2D eigenvalue weighted by molar-refractivity contribution is -0.385. The van der Waals surface area contributed by atoms with Gasteiger partial charge in [-0.05, 0) is 30.0 Å². The van der Waals surface area contributed by atoms with Gasteiger partial charge < -0.3 is 10.2 Å². The van der Waals surface area contributed by atoms with Gasteiger partial charge in [0.1, 0.15) is 6.04 Å². The van der Waals surface area contributed by atoms with Gasteiger partial charge in [-0.3, -0.25) is 19.7 Å². The molecule has 2 rings (SSSR count). The predicted molar refractivity (Wildman–Crippen MR) is 126 cm³/mol. The Labute approximate surface area is 197 Å². The normalized spacial score (nSPS) is 11.8. The van der Waals surface area contributed by atoms with Gasteiger partial charge in [-0.25, -0.2) is 0 Å². The van der Waals surface area contributed by atoms with Crippen molar-refractivity contribution in [2.24, 2.45) is 5.92 Å². The van der Waals surface area contributed by atoms with Gasteiger partial charge in [-0.1, -0.05) is 68.2 Å². The molecular formula is C23H27Cl2N3O4. The van der Waals surface area contributed by atoms with Crippen LogP contribution in [-0.4, -0.2) is 34.2 Å². The van der Waals surface area contributed by atoms with E-state index in [4.69, 9.17) is 23.2 Å². The first-order valence-electron chi connectivity index (χ1n) is 10.4. The number of carbonyl (C=O) groups is 2. The Hall–Kier alpha value is -2.64. The molecule has 0 aliphatic rings. The number of hydrogen-bond acceptors (Lipinski definition) is 4. The monoisotopic (exact) mass is 479 g/mol. The van der Waals surface area contributed by atoms with Crippen LogP contribution in [0.1, 0.15) is 38.3 Å². The molecular weight excluding hydrogens is 453 g/mol. The molecule has 2 amide bonds. The van der Waals surface area contributed by atoms with Crippen molar-refractivity contribution in [3.63, 3.8) is 0 Å². The van der Waals surface area contributed by atoms with Gasteiger partial charge in [0.05, 0.1) is 21.4 Å². The minimum atomic E-state index is -0.738. The highest BCUT2D eigenvalue weighted by molar-refractivity contribution is 6.42. The summed E-state index contributed by atoms with van der Waals surface area (Å²) in [6.07, 6.45) is 0.181. The zero-order chi connectivity index (χ0) is 23.8. The van der Waals surface area contributed by atoms with Crippen molar-refractivity contribution in [2.45, 2.75) is 46.2 Å². The molecule has 0 radical (unpaired) electrons. The zero-order valence-electron chi connectivity index (χ0n) is 18.3. The van der Waals surface area contributed by atoms with E-state index in [1.54, 1.807) is 36.4 Å². The van der Waals surface area contributed by atoms with Gasteiger partial charge in [0.15, 0.2) is 0 Å². The number of benzene rings is 2. The molecule has 1 N–H and O–H groups in total. The minimum absolute atomic E-state index is 0.115. The molecule has 2 aromatic rings. The van der Waals surface area contributed by atoms with Crippen LogP contribution in [0.5, 0.6) is 0 Å². The van der Waals surface area contributed by atoms with E-state index in [9.17, 15) is 19.7 Å². The largest absolute Gasteiger partial charge is 0.354 e. The quantitative estimate of drug-likeness (QED) is 0.382. The van der Waals surface area contributed by atoms with E-state index < -0.39 is 16.9 Å². The number of nitrogens with one attached hydrogen (secondary N) is 1. The smallest absolute Gasteiger partial charge is 0.273 e. The van der Waals surface area contributed by atoms with E-state index in [1.165, 1.54) is 11.0 Å². The van der Waals surface area contributed by atoms with Crippen molar-refractivity contribution < 1.29 is 14.5 Å². The van der Waals surface area contributed by atoms with Crippen molar-refractivity contribution in [1.82, 2.24) is 10.2 Å². The van der Waals surface area contributed by atoms with E-state index in [2.05, 4.69) is 5.32 Å². The third-order valence-electron chi connectivity index (χ3n) is 4.94. The molecule has 1 atom stereocenters.